The fraction of sp³-hybridized carbons (Fsp3) is 0.887. The van der Waals surface area contributed by atoms with Crippen molar-refractivity contribution in [2.24, 2.45) is 0 Å². The molecule has 4 unspecified atom stereocenters. The molecule has 6 nitrogen and oxygen atoms in total. The number of nitrogens with one attached hydrogen (secondary N) is 1. The first kappa shape index (κ1) is 66.5. The number of hydrogen-bond donors (Lipinski definition) is 5. The molecule has 6 heteroatoms. The fourth-order valence-electron chi connectivity index (χ4n) is 9.56. The highest BCUT2D eigenvalue weighted by Gasteiger charge is 2.28. The minimum absolute atomic E-state index is 0.362. The number of rotatable bonds is 56. The number of aliphatic hydroxyl groups is 4. The van der Waals surface area contributed by atoms with Gasteiger partial charge in [0.05, 0.1) is 18.8 Å². The lowest BCUT2D eigenvalue weighted by atomic mass is 10.00. The van der Waals surface area contributed by atoms with Crippen LogP contribution >= 0.6 is 0 Å². The average Bonchev–Trinajstić information content (AvgIpc) is 3.34. The number of hydrogen-bond acceptors (Lipinski definition) is 5. The van der Waals surface area contributed by atoms with E-state index in [0.717, 1.165) is 51.4 Å². The lowest BCUT2D eigenvalue weighted by molar-refractivity contribution is -0.132. The SMILES string of the molecule is CCCCCCCCCCCC/C=C/CC/C=C/CC/C=C/CCCC(O)C(O)C(CO)NC(=O)C(O)CCCCCCCCCCCCCCCCCCCCCCCCCCCCCCC. The van der Waals surface area contributed by atoms with Crippen molar-refractivity contribution in [3.8, 4) is 0 Å². The van der Waals surface area contributed by atoms with Gasteiger partial charge in [-0.05, 0) is 64.2 Å². The lowest BCUT2D eigenvalue weighted by Crippen LogP contribution is -2.53. The van der Waals surface area contributed by atoms with Crippen LogP contribution in [0.3, 0.4) is 0 Å². The van der Waals surface area contributed by atoms with Crippen molar-refractivity contribution in [3.63, 3.8) is 0 Å². The highest BCUT2D eigenvalue weighted by Crippen LogP contribution is 2.18. The van der Waals surface area contributed by atoms with E-state index >= 15 is 0 Å². The second-order valence-corrected chi connectivity index (χ2v) is 21.0. The van der Waals surface area contributed by atoms with Gasteiger partial charge in [-0.15, -0.1) is 0 Å². The molecule has 0 aliphatic heterocycles. The van der Waals surface area contributed by atoms with E-state index in [1.165, 1.54) is 238 Å². The second kappa shape index (κ2) is 56.4. The molecule has 68 heavy (non-hydrogen) atoms. The summed E-state index contributed by atoms with van der Waals surface area (Å²) in [7, 11) is 0. The Balaban J connectivity index is 3.64. The highest BCUT2D eigenvalue weighted by molar-refractivity contribution is 5.80. The highest BCUT2D eigenvalue weighted by atomic mass is 16.3. The van der Waals surface area contributed by atoms with Gasteiger partial charge < -0.3 is 25.7 Å². The molecule has 0 aromatic heterocycles. The summed E-state index contributed by atoms with van der Waals surface area (Å²) in [5, 5.41) is 44.0. The van der Waals surface area contributed by atoms with E-state index in [-0.39, 0.29) is 0 Å². The predicted molar refractivity (Wildman–Crippen MR) is 297 cm³/mol. The summed E-state index contributed by atoms with van der Waals surface area (Å²) in [5.74, 6) is -0.594. The largest absolute Gasteiger partial charge is 0.394 e. The van der Waals surface area contributed by atoms with Gasteiger partial charge >= 0.3 is 0 Å². The maximum Gasteiger partial charge on any atom is 0.249 e. The number of allylic oxidation sites excluding steroid dienone is 6. The molecule has 0 aromatic carbocycles. The molecule has 0 heterocycles. The van der Waals surface area contributed by atoms with Crippen molar-refractivity contribution >= 4 is 5.91 Å². The summed E-state index contributed by atoms with van der Waals surface area (Å²) in [5.41, 5.74) is 0. The molecule has 0 spiro atoms. The molecule has 0 fully saturated rings. The van der Waals surface area contributed by atoms with Crippen LogP contribution in [0, 0.1) is 0 Å². The van der Waals surface area contributed by atoms with Gasteiger partial charge in [-0.2, -0.15) is 0 Å². The van der Waals surface area contributed by atoms with Crippen molar-refractivity contribution in [3.05, 3.63) is 36.5 Å². The van der Waals surface area contributed by atoms with E-state index in [0.29, 0.717) is 19.3 Å². The topological polar surface area (TPSA) is 110 Å². The Hall–Kier alpha value is -1.47. The molecule has 0 bridgehead atoms. The number of aliphatic hydroxyl groups excluding tert-OH is 4. The minimum atomic E-state index is -1.29. The molecule has 0 aliphatic carbocycles. The van der Waals surface area contributed by atoms with Gasteiger partial charge in [-0.1, -0.05) is 294 Å². The van der Waals surface area contributed by atoms with Gasteiger partial charge in [0.15, 0.2) is 0 Å². The third-order valence-corrected chi connectivity index (χ3v) is 14.3. The zero-order chi connectivity index (χ0) is 49.5. The van der Waals surface area contributed by atoms with Crippen LogP contribution in [0.4, 0.5) is 0 Å². The van der Waals surface area contributed by atoms with E-state index in [4.69, 9.17) is 0 Å². The zero-order valence-electron chi connectivity index (χ0n) is 45.6. The Kier molecular flexibility index (Phi) is 55.2. The molecule has 1 amide bonds. The Morgan fingerprint density at radius 3 is 0.926 bits per heavy atom. The quantitative estimate of drug-likeness (QED) is 0.0308. The number of carbonyl (C=O) groups excluding carboxylic acids is 1. The first-order chi connectivity index (χ1) is 33.5. The summed E-state index contributed by atoms with van der Waals surface area (Å²) in [6, 6.07) is -1.01. The van der Waals surface area contributed by atoms with E-state index in [9.17, 15) is 25.2 Å². The van der Waals surface area contributed by atoms with Gasteiger partial charge in [0.25, 0.3) is 0 Å². The smallest absolute Gasteiger partial charge is 0.249 e. The number of amides is 1. The molecular formula is C62H119NO5. The Morgan fingerprint density at radius 1 is 0.353 bits per heavy atom. The molecule has 4 atom stereocenters. The van der Waals surface area contributed by atoms with Crippen molar-refractivity contribution in [2.75, 3.05) is 6.61 Å². The lowest BCUT2D eigenvalue weighted by Gasteiger charge is -2.27. The molecule has 0 saturated carbocycles. The van der Waals surface area contributed by atoms with Crippen molar-refractivity contribution < 1.29 is 25.2 Å². The van der Waals surface area contributed by atoms with Crippen LogP contribution in [0.15, 0.2) is 36.5 Å². The summed E-state index contributed by atoms with van der Waals surface area (Å²) in [6.45, 7) is 4.07. The molecular weight excluding hydrogens is 839 g/mol. The molecule has 0 rings (SSSR count). The number of unbranched alkanes of at least 4 members (excludes halogenated alkanes) is 41. The first-order valence-corrected chi connectivity index (χ1v) is 30.4. The molecule has 5 N–H and O–H groups in total. The van der Waals surface area contributed by atoms with Crippen LogP contribution in [0.2, 0.25) is 0 Å². The first-order valence-electron chi connectivity index (χ1n) is 30.4. The van der Waals surface area contributed by atoms with Crippen LogP contribution in [0.5, 0.6) is 0 Å². The monoisotopic (exact) mass is 958 g/mol. The molecule has 402 valence electrons. The van der Waals surface area contributed by atoms with Gasteiger partial charge in [-0.3, -0.25) is 4.79 Å². The molecule has 0 aliphatic rings. The maximum absolute atomic E-state index is 12.6. The fourth-order valence-corrected chi connectivity index (χ4v) is 9.56. The Bertz CT molecular complexity index is 1080. The molecule has 0 radical (unpaired) electrons. The van der Waals surface area contributed by atoms with Crippen LogP contribution < -0.4 is 5.32 Å². The summed E-state index contributed by atoms with van der Waals surface area (Å²) >= 11 is 0. The Morgan fingerprint density at radius 2 is 0.618 bits per heavy atom. The van der Waals surface area contributed by atoms with Crippen LogP contribution in [0.1, 0.15) is 322 Å². The molecule has 0 aromatic rings. The van der Waals surface area contributed by atoms with E-state index in [1.54, 1.807) is 0 Å². The average molecular weight is 959 g/mol. The van der Waals surface area contributed by atoms with Crippen molar-refractivity contribution in [1.29, 1.82) is 0 Å². The third kappa shape index (κ3) is 49.5. The Labute approximate surface area is 424 Å². The van der Waals surface area contributed by atoms with E-state index < -0.39 is 36.9 Å². The van der Waals surface area contributed by atoms with Crippen LogP contribution in [0.25, 0.3) is 0 Å². The van der Waals surface area contributed by atoms with Crippen molar-refractivity contribution in [2.45, 2.75) is 346 Å². The predicted octanol–water partition coefficient (Wildman–Crippen LogP) is 18.0. The van der Waals surface area contributed by atoms with Gasteiger partial charge in [0.2, 0.25) is 5.91 Å². The summed E-state index contributed by atoms with van der Waals surface area (Å²) in [4.78, 5) is 12.6. The van der Waals surface area contributed by atoms with Crippen molar-refractivity contribution in [1.82, 2.24) is 5.32 Å². The second-order valence-electron chi connectivity index (χ2n) is 21.0. The van der Waals surface area contributed by atoms with E-state index in [2.05, 4.69) is 55.6 Å². The van der Waals surface area contributed by atoms with E-state index in [1.807, 2.05) is 0 Å². The van der Waals surface area contributed by atoms with Gasteiger partial charge in [0, 0.05) is 0 Å². The third-order valence-electron chi connectivity index (χ3n) is 14.3. The van der Waals surface area contributed by atoms with Crippen LogP contribution in [-0.4, -0.2) is 57.3 Å². The number of carbonyl (C=O) groups is 1. The summed E-state index contributed by atoms with van der Waals surface area (Å²) in [6.07, 6.45) is 70.9. The maximum atomic E-state index is 12.6. The standard InChI is InChI=1S/C62H119NO5/c1-3-5-7-9-11-13-15-17-19-21-23-25-27-28-29-30-31-32-34-36-38-40-42-44-46-48-50-52-54-56-60(66)62(68)63-58(57-64)61(67)59(65)55-53-51-49-47-45-43-41-39-37-35-33-26-24-22-20-18-16-14-12-10-8-6-4-2/h26,33,39,41,47,49,58-61,64-67H,3-25,27-32,34-38,40,42-46,48,50-57H2,1-2H3,(H,63,68)/b33-26+,41-39+,49-47+. The van der Waals surface area contributed by atoms with Gasteiger partial charge in [0.1, 0.15) is 12.2 Å². The minimum Gasteiger partial charge on any atom is -0.394 e. The summed E-state index contributed by atoms with van der Waals surface area (Å²) < 4.78 is 0. The molecule has 0 saturated heterocycles. The van der Waals surface area contributed by atoms with Gasteiger partial charge in [-0.25, -0.2) is 0 Å². The van der Waals surface area contributed by atoms with Crippen LogP contribution in [-0.2, 0) is 4.79 Å². The normalized spacial score (nSPS) is 13.9. The zero-order valence-corrected chi connectivity index (χ0v) is 45.6.